The van der Waals surface area contributed by atoms with Crippen LogP contribution in [0.15, 0.2) is 42.5 Å². The molecule has 5 heteroatoms. The molecule has 2 bridgehead atoms. The first-order chi connectivity index (χ1) is 18.0. The zero-order valence-corrected chi connectivity index (χ0v) is 23.7. The second-order valence-electron chi connectivity index (χ2n) is 11.2. The zero-order valence-electron chi connectivity index (χ0n) is 23.7. The SMILES string of the molecule is CCCCC12CCN(C)C(CC[C@H](COCc3ccccc3)C(OC)C1)Cc1ccc(NC)c(OC)c12. The molecule has 0 saturated carbocycles. The van der Waals surface area contributed by atoms with Crippen LogP contribution in [-0.2, 0) is 27.9 Å². The molecule has 4 atom stereocenters. The van der Waals surface area contributed by atoms with E-state index in [2.05, 4.69) is 66.7 Å². The molecule has 0 radical (unpaired) electrons. The van der Waals surface area contributed by atoms with Crippen LogP contribution in [0.3, 0.4) is 0 Å². The van der Waals surface area contributed by atoms with Gasteiger partial charge in [0, 0.05) is 37.1 Å². The molecule has 3 unspecified atom stereocenters. The number of methoxy groups -OCH3 is 2. The zero-order chi connectivity index (χ0) is 26.3. The summed E-state index contributed by atoms with van der Waals surface area (Å²) in [5, 5.41) is 3.41. The van der Waals surface area contributed by atoms with E-state index in [1.165, 1.54) is 29.5 Å². The fourth-order valence-electron chi connectivity index (χ4n) is 6.80. The third-order valence-electron chi connectivity index (χ3n) is 9.01. The highest BCUT2D eigenvalue weighted by Crippen LogP contribution is 2.50. The van der Waals surface area contributed by atoms with E-state index in [1.807, 2.05) is 21.3 Å². The predicted octanol–water partition coefficient (Wildman–Crippen LogP) is 6.44. The Labute approximate surface area is 224 Å². The van der Waals surface area contributed by atoms with Gasteiger partial charge in [0.25, 0.3) is 0 Å². The Hall–Kier alpha value is -2.08. The third kappa shape index (κ3) is 6.32. The van der Waals surface area contributed by atoms with Gasteiger partial charge in [0.1, 0.15) is 5.75 Å². The lowest BCUT2D eigenvalue weighted by Gasteiger charge is -2.47. The third-order valence-corrected chi connectivity index (χ3v) is 9.01. The summed E-state index contributed by atoms with van der Waals surface area (Å²) >= 11 is 0. The Morgan fingerprint density at radius 1 is 1.08 bits per heavy atom. The van der Waals surface area contributed by atoms with Gasteiger partial charge in [-0.25, -0.2) is 0 Å². The van der Waals surface area contributed by atoms with Gasteiger partial charge in [0.2, 0.25) is 0 Å². The number of benzene rings is 2. The Morgan fingerprint density at radius 3 is 2.59 bits per heavy atom. The molecule has 1 aliphatic carbocycles. The highest BCUT2D eigenvalue weighted by molar-refractivity contribution is 5.64. The summed E-state index contributed by atoms with van der Waals surface area (Å²) < 4.78 is 18.9. The average Bonchev–Trinajstić information content (AvgIpc) is 2.93. The highest BCUT2D eigenvalue weighted by Gasteiger charge is 2.44. The van der Waals surface area contributed by atoms with Gasteiger partial charge in [-0.05, 0) is 69.3 Å². The number of rotatable bonds is 10. The van der Waals surface area contributed by atoms with E-state index in [4.69, 9.17) is 14.2 Å². The number of unbranched alkanes of at least 4 members (excludes halogenated alkanes) is 1. The molecule has 2 aromatic rings. The van der Waals surface area contributed by atoms with E-state index in [1.54, 1.807) is 0 Å². The van der Waals surface area contributed by atoms with Crippen molar-refractivity contribution in [2.75, 3.05) is 46.8 Å². The molecule has 0 amide bonds. The number of fused-ring (bicyclic) bond motifs is 6. The van der Waals surface area contributed by atoms with Gasteiger partial charge in [-0.3, -0.25) is 0 Å². The summed E-state index contributed by atoms with van der Waals surface area (Å²) in [6.45, 7) is 4.79. The van der Waals surface area contributed by atoms with E-state index in [-0.39, 0.29) is 11.5 Å². The first-order valence-electron chi connectivity index (χ1n) is 14.3. The number of nitrogens with zero attached hydrogens (tertiary/aromatic N) is 1. The minimum Gasteiger partial charge on any atom is -0.494 e. The van der Waals surface area contributed by atoms with Crippen molar-refractivity contribution in [1.29, 1.82) is 0 Å². The first-order valence-corrected chi connectivity index (χ1v) is 14.3. The molecule has 2 aromatic carbocycles. The topological polar surface area (TPSA) is 43.0 Å². The maximum Gasteiger partial charge on any atom is 0.145 e. The van der Waals surface area contributed by atoms with Crippen LogP contribution in [-0.4, -0.2) is 58.5 Å². The van der Waals surface area contributed by atoms with Crippen LogP contribution >= 0.6 is 0 Å². The molecule has 1 fully saturated rings. The Balaban J connectivity index is 1.74. The normalized spacial score (nSPS) is 26.4. The number of nitrogens with one attached hydrogen (secondary N) is 1. The molecule has 0 aromatic heterocycles. The lowest BCUT2D eigenvalue weighted by molar-refractivity contribution is -0.0320. The summed E-state index contributed by atoms with van der Waals surface area (Å²) in [6, 6.07) is 15.6. The van der Waals surface area contributed by atoms with Crippen molar-refractivity contribution in [3.63, 3.8) is 0 Å². The van der Waals surface area contributed by atoms with Crippen LogP contribution in [0.5, 0.6) is 5.75 Å². The standard InChI is InChI=1S/C32H48N2O3/c1-6-7-17-32-18-19-34(3)27(20-25-14-16-28(33-2)31(36-5)30(25)32)15-13-26(29(21-32)35-4)23-37-22-24-11-9-8-10-12-24/h8-12,14,16,26-27,29,33H,6-7,13,15,17-23H2,1-5H3/t26-,27?,29?,32?/m1/s1. The summed E-state index contributed by atoms with van der Waals surface area (Å²) in [7, 11) is 8.07. The summed E-state index contributed by atoms with van der Waals surface area (Å²) in [6.07, 6.45) is 9.12. The van der Waals surface area contributed by atoms with Crippen LogP contribution in [0.4, 0.5) is 5.69 Å². The molecular weight excluding hydrogens is 460 g/mol. The molecule has 5 nitrogen and oxygen atoms in total. The summed E-state index contributed by atoms with van der Waals surface area (Å²) in [5.74, 6) is 1.40. The van der Waals surface area contributed by atoms with Gasteiger partial charge in [-0.1, -0.05) is 56.2 Å². The second-order valence-corrected chi connectivity index (χ2v) is 11.2. The summed E-state index contributed by atoms with van der Waals surface area (Å²) in [4.78, 5) is 2.62. The Morgan fingerprint density at radius 2 is 1.89 bits per heavy atom. The maximum atomic E-state index is 6.36. The Kier molecular flexibility index (Phi) is 9.91. The predicted molar refractivity (Wildman–Crippen MR) is 153 cm³/mol. The van der Waals surface area contributed by atoms with Gasteiger partial charge < -0.3 is 24.4 Å². The van der Waals surface area contributed by atoms with Crippen LogP contribution < -0.4 is 10.1 Å². The molecule has 204 valence electrons. The van der Waals surface area contributed by atoms with E-state index < -0.39 is 0 Å². The largest absolute Gasteiger partial charge is 0.494 e. The van der Waals surface area contributed by atoms with Crippen molar-refractivity contribution in [3.8, 4) is 5.75 Å². The van der Waals surface area contributed by atoms with E-state index in [9.17, 15) is 0 Å². The highest BCUT2D eigenvalue weighted by atomic mass is 16.5. The number of hydrogen-bond donors (Lipinski definition) is 1. The van der Waals surface area contributed by atoms with Crippen LogP contribution in [0.1, 0.15) is 68.6 Å². The number of ether oxygens (including phenoxy) is 3. The molecular formula is C32H48N2O3. The van der Waals surface area contributed by atoms with Gasteiger partial charge in [-0.15, -0.1) is 0 Å². The molecule has 37 heavy (non-hydrogen) atoms. The molecule has 2 heterocycles. The van der Waals surface area contributed by atoms with Crippen molar-refractivity contribution in [2.45, 2.75) is 82.5 Å². The number of anilines is 1. The van der Waals surface area contributed by atoms with Gasteiger partial charge in [0.05, 0.1) is 32.1 Å². The quantitative estimate of drug-likeness (QED) is 0.400. The van der Waals surface area contributed by atoms with Crippen molar-refractivity contribution >= 4 is 5.69 Å². The molecule has 1 N–H and O–H groups in total. The van der Waals surface area contributed by atoms with E-state index in [0.717, 1.165) is 63.1 Å². The van der Waals surface area contributed by atoms with Gasteiger partial charge in [0.15, 0.2) is 0 Å². The van der Waals surface area contributed by atoms with Crippen molar-refractivity contribution in [2.24, 2.45) is 5.92 Å². The van der Waals surface area contributed by atoms with Crippen LogP contribution in [0.25, 0.3) is 0 Å². The second kappa shape index (κ2) is 13.1. The first kappa shape index (κ1) is 27.9. The van der Waals surface area contributed by atoms with Crippen molar-refractivity contribution in [3.05, 3.63) is 59.2 Å². The smallest absolute Gasteiger partial charge is 0.145 e. The summed E-state index contributed by atoms with van der Waals surface area (Å²) in [5.41, 5.74) is 5.20. The van der Waals surface area contributed by atoms with Crippen LogP contribution in [0, 0.1) is 5.92 Å². The Bertz CT molecular complexity index is 981. The molecule has 5 rings (SSSR count). The lowest BCUT2D eigenvalue weighted by atomic mass is 9.64. The van der Waals surface area contributed by atoms with Crippen molar-refractivity contribution in [1.82, 2.24) is 4.90 Å². The minimum atomic E-state index is -0.00151. The van der Waals surface area contributed by atoms with E-state index in [0.29, 0.717) is 18.6 Å². The maximum absolute atomic E-state index is 6.36. The van der Waals surface area contributed by atoms with E-state index >= 15 is 0 Å². The molecule has 0 spiro atoms. The lowest BCUT2D eigenvalue weighted by Crippen LogP contribution is -2.47. The minimum absolute atomic E-state index is 0.00151. The molecule has 1 saturated heterocycles. The van der Waals surface area contributed by atoms with Crippen molar-refractivity contribution < 1.29 is 14.2 Å². The fraction of sp³-hybridized carbons (Fsp3) is 0.625. The molecule has 2 aliphatic heterocycles. The van der Waals surface area contributed by atoms with Gasteiger partial charge in [-0.2, -0.15) is 0 Å². The average molecular weight is 509 g/mol. The fourth-order valence-corrected chi connectivity index (χ4v) is 6.80. The number of likely N-dealkylation sites (N-methyl/N-ethyl adjacent to an activating group) is 1. The number of hydrogen-bond acceptors (Lipinski definition) is 5. The van der Waals surface area contributed by atoms with Gasteiger partial charge >= 0.3 is 0 Å². The monoisotopic (exact) mass is 508 g/mol. The molecule has 3 aliphatic rings. The van der Waals surface area contributed by atoms with Crippen LogP contribution in [0.2, 0.25) is 0 Å².